The van der Waals surface area contributed by atoms with E-state index in [2.05, 4.69) is 56.8 Å². The number of hydrogen-bond acceptors (Lipinski definition) is 7. The fourth-order valence-corrected chi connectivity index (χ4v) is 5.25. The van der Waals surface area contributed by atoms with Gasteiger partial charge in [0.05, 0.1) is 29.8 Å². The molecule has 2 aromatic carbocycles. The predicted molar refractivity (Wildman–Crippen MR) is 138 cm³/mol. The molecule has 182 valence electrons. The molecule has 2 unspecified atom stereocenters. The first kappa shape index (κ1) is 23.3. The van der Waals surface area contributed by atoms with Crippen LogP contribution in [0.2, 0.25) is 0 Å². The normalized spacial score (nSPS) is 22.3. The van der Waals surface area contributed by atoms with Crippen LogP contribution >= 0.6 is 12.6 Å². The highest BCUT2D eigenvalue weighted by atomic mass is 32.1. The summed E-state index contributed by atoms with van der Waals surface area (Å²) in [5.74, 6) is 0.991. The van der Waals surface area contributed by atoms with Crippen LogP contribution in [0.5, 0.6) is 5.75 Å². The number of ether oxygens (including phenoxy) is 2. The van der Waals surface area contributed by atoms with E-state index >= 15 is 0 Å². The minimum Gasteiger partial charge on any atom is -0.489 e. The van der Waals surface area contributed by atoms with E-state index in [1.54, 1.807) is 0 Å². The van der Waals surface area contributed by atoms with Crippen LogP contribution in [-0.4, -0.2) is 75.9 Å². The Hall–Kier alpha value is -2.42. The molecule has 0 aliphatic carbocycles. The zero-order valence-electron chi connectivity index (χ0n) is 19.9. The number of rotatable bonds is 7. The van der Waals surface area contributed by atoms with E-state index in [1.165, 1.54) is 5.69 Å². The number of nitrogens with one attached hydrogen (secondary N) is 2. The van der Waals surface area contributed by atoms with Crippen molar-refractivity contribution in [3.8, 4) is 16.9 Å². The number of hydrogen-bond donors (Lipinski definition) is 3. The van der Waals surface area contributed by atoms with Gasteiger partial charge in [0.1, 0.15) is 11.9 Å². The number of benzene rings is 2. The van der Waals surface area contributed by atoms with Gasteiger partial charge in [0.15, 0.2) is 0 Å². The van der Waals surface area contributed by atoms with Gasteiger partial charge < -0.3 is 25.0 Å². The van der Waals surface area contributed by atoms with Crippen LogP contribution in [0, 0.1) is 5.92 Å². The lowest BCUT2D eigenvalue weighted by atomic mass is 10.0. The molecule has 0 aromatic heterocycles. The average Bonchev–Trinajstić information content (AvgIpc) is 3.26. The molecule has 2 N–H and O–H groups in total. The third-order valence-electron chi connectivity index (χ3n) is 7.35. The van der Waals surface area contributed by atoms with E-state index in [4.69, 9.17) is 22.1 Å². The first-order valence-electron chi connectivity index (χ1n) is 12.2. The summed E-state index contributed by atoms with van der Waals surface area (Å²) in [5.41, 5.74) is 4.39. The summed E-state index contributed by atoms with van der Waals surface area (Å²) >= 11 is 4.72. The van der Waals surface area contributed by atoms with E-state index in [0.717, 1.165) is 66.9 Å². The summed E-state index contributed by atoms with van der Waals surface area (Å²) < 4.78 is 11.7. The van der Waals surface area contributed by atoms with E-state index in [-0.39, 0.29) is 17.9 Å². The van der Waals surface area contributed by atoms with Gasteiger partial charge >= 0.3 is 0 Å². The molecule has 5 rings (SSSR count). The van der Waals surface area contributed by atoms with E-state index < -0.39 is 0 Å². The average molecular weight is 483 g/mol. The van der Waals surface area contributed by atoms with Gasteiger partial charge in [0.25, 0.3) is 0 Å². The zero-order chi connectivity index (χ0) is 23.7. The Labute approximate surface area is 207 Å². The Morgan fingerprint density at radius 3 is 2.44 bits per heavy atom. The van der Waals surface area contributed by atoms with Gasteiger partial charge in [-0.25, -0.2) is 0 Å². The summed E-state index contributed by atoms with van der Waals surface area (Å²) in [4.78, 5) is 17.4. The minimum absolute atomic E-state index is 0.0858. The predicted octanol–water partition coefficient (Wildman–Crippen LogP) is 3.11. The lowest BCUT2D eigenvalue weighted by molar-refractivity contribution is -0.119. The maximum absolute atomic E-state index is 11.6. The van der Waals surface area contributed by atoms with E-state index in [9.17, 15) is 4.79 Å². The van der Waals surface area contributed by atoms with Gasteiger partial charge in [-0.2, -0.15) is 0 Å². The standard InChI is InChI=1S/C26H34N4O3S/c1-17(20-13-25(31)28-14-20)33-24-12-19(11-23(27-2)26(24)34)18-3-5-21(6-4-18)29-7-9-30(10-8-29)22-15-32-16-22/h3-6,11-12,17,20,22,27,34H,7-10,13-16H2,1-2H3,(H,28,31). The van der Waals surface area contributed by atoms with Crippen molar-refractivity contribution in [2.75, 3.05) is 63.2 Å². The summed E-state index contributed by atoms with van der Waals surface area (Å²) in [5, 5.41) is 6.13. The first-order valence-corrected chi connectivity index (χ1v) is 12.6. The number of thiol groups is 1. The van der Waals surface area contributed by atoms with Gasteiger partial charge in [0, 0.05) is 57.8 Å². The molecule has 0 spiro atoms. The summed E-state index contributed by atoms with van der Waals surface area (Å²) in [6.07, 6.45) is 0.420. The molecule has 0 radical (unpaired) electrons. The van der Waals surface area contributed by atoms with Gasteiger partial charge in [-0.1, -0.05) is 12.1 Å². The van der Waals surface area contributed by atoms with Gasteiger partial charge in [0.2, 0.25) is 5.91 Å². The molecule has 3 saturated heterocycles. The first-order chi connectivity index (χ1) is 16.5. The highest BCUT2D eigenvalue weighted by Gasteiger charge is 2.30. The Balaban J connectivity index is 1.30. The lowest BCUT2D eigenvalue weighted by Gasteiger charge is -2.43. The monoisotopic (exact) mass is 482 g/mol. The molecule has 2 aromatic rings. The van der Waals surface area contributed by atoms with E-state index in [0.29, 0.717) is 19.0 Å². The maximum atomic E-state index is 11.6. The van der Waals surface area contributed by atoms with Crippen molar-refractivity contribution < 1.29 is 14.3 Å². The Kier molecular flexibility index (Phi) is 6.90. The van der Waals surface area contributed by atoms with Crippen LogP contribution in [0.15, 0.2) is 41.3 Å². The van der Waals surface area contributed by atoms with Crippen LogP contribution in [0.4, 0.5) is 11.4 Å². The molecule has 8 heteroatoms. The fourth-order valence-electron chi connectivity index (χ4n) is 4.95. The third-order valence-corrected chi connectivity index (χ3v) is 7.81. The maximum Gasteiger partial charge on any atom is 0.220 e. The van der Waals surface area contributed by atoms with Crippen molar-refractivity contribution in [3.05, 3.63) is 36.4 Å². The second kappa shape index (κ2) is 10.1. The lowest BCUT2D eigenvalue weighted by Crippen LogP contribution is -2.56. The summed E-state index contributed by atoms with van der Waals surface area (Å²) in [6, 6.07) is 13.6. The number of anilines is 2. The molecular formula is C26H34N4O3S. The van der Waals surface area contributed by atoms with Crippen molar-refractivity contribution in [2.45, 2.75) is 30.4 Å². The minimum atomic E-state index is -0.0858. The Morgan fingerprint density at radius 1 is 1.12 bits per heavy atom. The molecule has 0 bridgehead atoms. The van der Waals surface area contributed by atoms with Crippen molar-refractivity contribution in [1.82, 2.24) is 10.2 Å². The van der Waals surface area contributed by atoms with Crippen LogP contribution in [0.1, 0.15) is 13.3 Å². The zero-order valence-corrected chi connectivity index (χ0v) is 20.8. The number of carbonyl (C=O) groups excluding carboxylic acids is 1. The van der Waals surface area contributed by atoms with Gasteiger partial charge in [-0.15, -0.1) is 12.6 Å². The highest BCUT2D eigenvalue weighted by Crippen LogP contribution is 2.38. The molecule has 0 saturated carbocycles. The second-order valence-electron chi connectivity index (χ2n) is 9.47. The molecular weight excluding hydrogens is 448 g/mol. The van der Waals surface area contributed by atoms with Crippen molar-refractivity contribution in [2.24, 2.45) is 5.92 Å². The quantitative estimate of drug-likeness (QED) is 0.527. The topological polar surface area (TPSA) is 66.1 Å². The van der Waals surface area contributed by atoms with Crippen LogP contribution < -0.4 is 20.3 Å². The number of piperazine rings is 1. The number of carbonyl (C=O) groups is 1. The summed E-state index contributed by atoms with van der Waals surface area (Å²) in [7, 11) is 1.89. The largest absolute Gasteiger partial charge is 0.489 e. The fraction of sp³-hybridized carbons (Fsp3) is 0.500. The molecule has 3 heterocycles. The van der Waals surface area contributed by atoms with Gasteiger partial charge in [-0.3, -0.25) is 9.69 Å². The molecule has 2 atom stereocenters. The number of amides is 1. The van der Waals surface area contributed by atoms with Gasteiger partial charge in [-0.05, 0) is 42.3 Å². The molecule has 3 aliphatic rings. The van der Waals surface area contributed by atoms with Crippen LogP contribution in [0.25, 0.3) is 11.1 Å². The molecule has 34 heavy (non-hydrogen) atoms. The number of nitrogens with zero attached hydrogens (tertiary/aromatic N) is 2. The second-order valence-corrected chi connectivity index (χ2v) is 9.92. The third kappa shape index (κ3) is 4.85. The van der Waals surface area contributed by atoms with Crippen molar-refractivity contribution in [1.29, 1.82) is 0 Å². The molecule has 1 amide bonds. The van der Waals surface area contributed by atoms with Crippen molar-refractivity contribution >= 4 is 29.9 Å². The Bertz CT molecular complexity index is 1020. The molecule has 3 fully saturated rings. The van der Waals surface area contributed by atoms with Crippen LogP contribution in [0.3, 0.4) is 0 Å². The van der Waals surface area contributed by atoms with E-state index in [1.807, 2.05) is 14.0 Å². The molecule has 7 nitrogen and oxygen atoms in total. The highest BCUT2D eigenvalue weighted by molar-refractivity contribution is 7.80. The smallest absolute Gasteiger partial charge is 0.220 e. The van der Waals surface area contributed by atoms with Crippen LogP contribution in [-0.2, 0) is 9.53 Å². The SMILES string of the molecule is CNc1cc(-c2ccc(N3CCN(C4COC4)CC3)cc2)cc(OC(C)C2CNC(=O)C2)c1S. The van der Waals surface area contributed by atoms with Crippen molar-refractivity contribution in [3.63, 3.8) is 0 Å². The summed E-state index contributed by atoms with van der Waals surface area (Å²) in [6.45, 7) is 8.71. The Morgan fingerprint density at radius 2 is 1.85 bits per heavy atom. The molecule has 3 aliphatic heterocycles.